The van der Waals surface area contributed by atoms with Crippen LogP contribution in [-0.2, 0) is 6.54 Å². The molecule has 27 heavy (non-hydrogen) atoms. The quantitative estimate of drug-likeness (QED) is 0.687. The van der Waals surface area contributed by atoms with Crippen molar-refractivity contribution >= 4 is 16.9 Å². The first-order chi connectivity index (χ1) is 13.2. The average Bonchev–Trinajstić information content (AvgIpc) is 3.06. The summed E-state index contributed by atoms with van der Waals surface area (Å²) in [7, 11) is 0. The Morgan fingerprint density at radius 3 is 2.85 bits per heavy atom. The zero-order chi connectivity index (χ0) is 18.6. The summed E-state index contributed by atoms with van der Waals surface area (Å²) in [6.07, 6.45) is 4.67. The number of anilines is 1. The molecule has 1 fully saturated rings. The van der Waals surface area contributed by atoms with Gasteiger partial charge in [0.25, 0.3) is 0 Å². The van der Waals surface area contributed by atoms with Crippen molar-refractivity contribution in [1.82, 2.24) is 14.9 Å². The van der Waals surface area contributed by atoms with Crippen molar-refractivity contribution in [3.05, 3.63) is 48.0 Å². The van der Waals surface area contributed by atoms with E-state index in [2.05, 4.69) is 9.80 Å². The third-order valence-corrected chi connectivity index (χ3v) is 5.01. The number of benzene rings is 1. The minimum Gasteiger partial charge on any atom is -0.494 e. The number of rotatable bonds is 5. The molecule has 1 aliphatic heterocycles. The Hall–Kier alpha value is -2.60. The molecular formula is C21H26N4O2. The number of aromatic nitrogens is 2. The summed E-state index contributed by atoms with van der Waals surface area (Å²) in [6.45, 7) is 9.61. The highest BCUT2D eigenvalue weighted by atomic mass is 16.5. The molecule has 0 atom stereocenters. The summed E-state index contributed by atoms with van der Waals surface area (Å²) in [5, 5.41) is 1.06. The zero-order valence-electron chi connectivity index (χ0n) is 16.0. The Labute approximate surface area is 159 Å². The molecule has 3 aromatic rings. The van der Waals surface area contributed by atoms with Crippen LogP contribution in [0.3, 0.4) is 0 Å². The minimum atomic E-state index is 0.659. The maximum atomic E-state index is 5.61. The summed E-state index contributed by atoms with van der Waals surface area (Å²) in [6, 6.07) is 8.08. The molecule has 4 rings (SSSR count). The van der Waals surface area contributed by atoms with Gasteiger partial charge in [0.2, 0.25) is 5.95 Å². The lowest BCUT2D eigenvalue weighted by atomic mass is 10.2. The highest BCUT2D eigenvalue weighted by Gasteiger charge is 2.18. The van der Waals surface area contributed by atoms with Crippen molar-refractivity contribution in [2.24, 2.45) is 0 Å². The lowest BCUT2D eigenvalue weighted by Gasteiger charge is -2.22. The normalized spacial score (nSPS) is 15.9. The number of hydrogen-bond acceptors (Lipinski definition) is 6. The van der Waals surface area contributed by atoms with Gasteiger partial charge in [-0.3, -0.25) is 4.90 Å². The standard InChI is InChI=1S/C21H26N4O2/c1-3-27-18-5-6-20-19(13-18)16(2)22-21(23-20)25-9-4-8-24(10-11-25)14-17-7-12-26-15-17/h5-7,12-13,15H,3-4,8-11,14H2,1-2H3. The van der Waals surface area contributed by atoms with E-state index in [0.717, 1.165) is 67.4 Å². The molecule has 0 spiro atoms. The topological polar surface area (TPSA) is 54.6 Å². The van der Waals surface area contributed by atoms with Crippen LogP contribution in [0.25, 0.3) is 10.9 Å². The number of fused-ring (bicyclic) bond motifs is 1. The van der Waals surface area contributed by atoms with Gasteiger partial charge in [-0.2, -0.15) is 0 Å². The van der Waals surface area contributed by atoms with E-state index in [1.54, 1.807) is 6.26 Å². The largest absolute Gasteiger partial charge is 0.494 e. The fraction of sp³-hybridized carbons (Fsp3) is 0.429. The molecule has 0 saturated carbocycles. The van der Waals surface area contributed by atoms with Gasteiger partial charge in [-0.25, -0.2) is 9.97 Å². The second-order valence-corrected chi connectivity index (χ2v) is 6.97. The fourth-order valence-electron chi connectivity index (χ4n) is 3.61. The first kappa shape index (κ1) is 17.8. The Kier molecular flexibility index (Phi) is 5.25. The van der Waals surface area contributed by atoms with Crippen LogP contribution in [0.1, 0.15) is 24.6 Å². The van der Waals surface area contributed by atoms with E-state index in [0.29, 0.717) is 6.61 Å². The van der Waals surface area contributed by atoms with Gasteiger partial charge in [0.1, 0.15) is 5.75 Å². The van der Waals surface area contributed by atoms with Gasteiger partial charge in [-0.15, -0.1) is 0 Å². The number of furan rings is 1. The van der Waals surface area contributed by atoms with Crippen LogP contribution in [0.4, 0.5) is 5.95 Å². The molecule has 1 aliphatic rings. The highest BCUT2D eigenvalue weighted by molar-refractivity contribution is 5.83. The van der Waals surface area contributed by atoms with Crippen LogP contribution in [0.5, 0.6) is 5.75 Å². The second-order valence-electron chi connectivity index (χ2n) is 6.97. The molecule has 0 N–H and O–H groups in total. The molecule has 6 nitrogen and oxygen atoms in total. The van der Waals surface area contributed by atoms with Crippen LogP contribution in [0.15, 0.2) is 41.2 Å². The Morgan fingerprint density at radius 1 is 1.11 bits per heavy atom. The summed E-state index contributed by atoms with van der Waals surface area (Å²) in [4.78, 5) is 14.4. The van der Waals surface area contributed by atoms with E-state index >= 15 is 0 Å². The van der Waals surface area contributed by atoms with Crippen LogP contribution >= 0.6 is 0 Å². The fourth-order valence-corrected chi connectivity index (χ4v) is 3.61. The van der Waals surface area contributed by atoms with Gasteiger partial charge in [0.15, 0.2) is 0 Å². The number of aryl methyl sites for hydroxylation is 1. The first-order valence-corrected chi connectivity index (χ1v) is 9.62. The molecular weight excluding hydrogens is 340 g/mol. The average molecular weight is 366 g/mol. The zero-order valence-corrected chi connectivity index (χ0v) is 16.0. The summed E-state index contributed by atoms with van der Waals surface area (Å²) < 4.78 is 10.8. The van der Waals surface area contributed by atoms with Crippen molar-refractivity contribution in [2.75, 3.05) is 37.7 Å². The van der Waals surface area contributed by atoms with Gasteiger partial charge in [-0.05, 0) is 44.5 Å². The van der Waals surface area contributed by atoms with E-state index in [1.807, 2.05) is 44.4 Å². The van der Waals surface area contributed by atoms with E-state index in [1.165, 1.54) is 5.56 Å². The van der Waals surface area contributed by atoms with Crippen molar-refractivity contribution in [1.29, 1.82) is 0 Å². The van der Waals surface area contributed by atoms with Gasteiger partial charge in [-0.1, -0.05) is 0 Å². The lowest BCUT2D eigenvalue weighted by molar-refractivity contribution is 0.284. The number of ether oxygens (including phenoxy) is 1. The number of nitrogens with zero attached hydrogens (tertiary/aromatic N) is 4. The van der Waals surface area contributed by atoms with E-state index in [9.17, 15) is 0 Å². The Balaban J connectivity index is 1.50. The predicted molar refractivity (Wildman–Crippen MR) is 106 cm³/mol. The van der Waals surface area contributed by atoms with Gasteiger partial charge < -0.3 is 14.1 Å². The molecule has 6 heteroatoms. The third kappa shape index (κ3) is 4.06. The molecule has 0 aliphatic carbocycles. The Morgan fingerprint density at radius 2 is 2.04 bits per heavy atom. The third-order valence-electron chi connectivity index (χ3n) is 5.01. The molecule has 0 amide bonds. The van der Waals surface area contributed by atoms with E-state index in [-0.39, 0.29) is 0 Å². The second kappa shape index (κ2) is 7.96. The van der Waals surface area contributed by atoms with Gasteiger partial charge in [0, 0.05) is 43.7 Å². The maximum absolute atomic E-state index is 5.61. The molecule has 3 heterocycles. The molecule has 1 aromatic carbocycles. The van der Waals surface area contributed by atoms with Crippen LogP contribution in [-0.4, -0.2) is 47.7 Å². The number of hydrogen-bond donors (Lipinski definition) is 0. The van der Waals surface area contributed by atoms with Crippen LogP contribution < -0.4 is 9.64 Å². The van der Waals surface area contributed by atoms with Crippen molar-refractivity contribution in [3.8, 4) is 5.75 Å². The maximum Gasteiger partial charge on any atom is 0.226 e. The molecule has 0 unspecified atom stereocenters. The van der Waals surface area contributed by atoms with Crippen molar-refractivity contribution in [2.45, 2.75) is 26.8 Å². The van der Waals surface area contributed by atoms with E-state index < -0.39 is 0 Å². The summed E-state index contributed by atoms with van der Waals surface area (Å²) in [5.41, 5.74) is 3.20. The van der Waals surface area contributed by atoms with Crippen LogP contribution in [0.2, 0.25) is 0 Å². The van der Waals surface area contributed by atoms with Crippen molar-refractivity contribution < 1.29 is 9.15 Å². The molecule has 0 radical (unpaired) electrons. The highest BCUT2D eigenvalue weighted by Crippen LogP contribution is 2.24. The lowest BCUT2D eigenvalue weighted by Crippen LogP contribution is -2.31. The SMILES string of the molecule is CCOc1ccc2nc(N3CCCN(Cc4ccoc4)CC3)nc(C)c2c1. The Bertz CT molecular complexity index is 895. The predicted octanol–water partition coefficient (Wildman–Crippen LogP) is 3.64. The monoisotopic (exact) mass is 366 g/mol. The van der Waals surface area contributed by atoms with Gasteiger partial charge in [0.05, 0.1) is 30.3 Å². The van der Waals surface area contributed by atoms with Crippen LogP contribution in [0, 0.1) is 6.92 Å². The van der Waals surface area contributed by atoms with Crippen molar-refractivity contribution in [3.63, 3.8) is 0 Å². The summed E-state index contributed by atoms with van der Waals surface area (Å²) in [5.74, 6) is 1.70. The summed E-state index contributed by atoms with van der Waals surface area (Å²) >= 11 is 0. The molecule has 2 aromatic heterocycles. The minimum absolute atomic E-state index is 0.659. The first-order valence-electron chi connectivity index (χ1n) is 9.62. The van der Waals surface area contributed by atoms with E-state index in [4.69, 9.17) is 19.1 Å². The molecule has 142 valence electrons. The smallest absolute Gasteiger partial charge is 0.226 e. The molecule has 1 saturated heterocycles. The van der Waals surface area contributed by atoms with Gasteiger partial charge >= 0.3 is 0 Å². The molecule has 0 bridgehead atoms.